The summed E-state index contributed by atoms with van der Waals surface area (Å²) >= 11 is 5.73. The Balaban J connectivity index is 2.12. The molecule has 2 aromatic rings. The molecule has 0 heterocycles. The van der Waals surface area contributed by atoms with Crippen molar-refractivity contribution in [1.82, 2.24) is 5.43 Å². The number of aromatic hydroxyl groups is 1. The Morgan fingerprint density at radius 3 is 2.62 bits per heavy atom. The number of hydrazone groups is 1. The van der Waals surface area contributed by atoms with Crippen molar-refractivity contribution in [3.05, 3.63) is 68.7 Å². The molecule has 1 unspecified atom stereocenters. The largest absolute Gasteiger partial charge is 0.502 e. The molecule has 24 heavy (non-hydrogen) atoms. The van der Waals surface area contributed by atoms with Gasteiger partial charge in [0, 0.05) is 16.7 Å². The van der Waals surface area contributed by atoms with Gasteiger partial charge in [-0.05, 0) is 11.6 Å². The lowest BCUT2D eigenvalue weighted by Crippen LogP contribution is -2.25. The third-order valence-corrected chi connectivity index (χ3v) is 3.24. The van der Waals surface area contributed by atoms with Gasteiger partial charge in [-0.2, -0.15) is 5.10 Å². The second-order valence-electron chi connectivity index (χ2n) is 4.67. The second-order valence-corrected chi connectivity index (χ2v) is 5.10. The highest BCUT2D eigenvalue weighted by Gasteiger charge is 2.18. The molecule has 1 amide bonds. The number of nitro groups is 1. The molecule has 124 valence electrons. The van der Waals surface area contributed by atoms with Crippen LogP contribution < -0.4 is 5.43 Å². The smallest absolute Gasteiger partial charge is 0.312 e. The molecule has 0 aliphatic rings. The normalized spacial score (nSPS) is 12.1. The Bertz CT molecular complexity index is 795. The topological polar surface area (TPSA) is 125 Å². The van der Waals surface area contributed by atoms with Crippen LogP contribution in [0.1, 0.15) is 17.2 Å². The number of aliphatic hydroxyl groups is 1. The molecule has 3 N–H and O–H groups in total. The zero-order valence-corrected chi connectivity index (χ0v) is 12.8. The molecule has 0 spiro atoms. The highest BCUT2D eigenvalue weighted by Crippen LogP contribution is 2.32. The van der Waals surface area contributed by atoms with E-state index in [-0.39, 0.29) is 10.6 Å². The van der Waals surface area contributed by atoms with Gasteiger partial charge in [-0.15, -0.1) is 0 Å². The fourth-order valence-corrected chi connectivity index (χ4v) is 2.08. The molecule has 0 aliphatic heterocycles. The van der Waals surface area contributed by atoms with Crippen LogP contribution in [-0.4, -0.2) is 27.3 Å². The van der Waals surface area contributed by atoms with Gasteiger partial charge in [0.2, 0.25) is 5.75 Å². The molecule has 0 fully saturated rings. The Morgan fingerprint density at radius 2 is 2.00 bits per heavy atom. The van der Waals surface area contributed by atoms with Crippen LogP contribution in [0.2, 0.25) is 5.02 Å². The third kappa shape index (κ3) is 4.06. The summed E-state index contributed by atoms with van der Waals surface area (Å²) in [5.41, 5.74) is 1.83. The van der Waals surface area contributed by atoms with Gasteiger partial charge in [0.05, 0.1) is 11.1 Å². The summed E-state index contributed by atoms with van der Waals surface area (Å²) in [4.78, 5) is 21.8. The highest BCUT2D eigenvalue weighted by molar-refractivity contribution is 6.31. The molecule has 0 aliphatic carbocycles. The van der Waals surface area contributed by atoms with E-state index < -0.39 is 28.4 Å². The number of nitro benzene ring substituents is 1. The fraction of sp³-hybridized carbons (Fsp3) is 0.0667. The number of phenolic OH excluding ortho intramolecular Hbond substituents is 1. The Labute approximate surface area is 141 Å². The molecule has 0 saturated carbocycles. The molecule has 2 aromatic carbocycles. The van der Waals surface area contributed by atoms with Crippen LogP contribution >= 0.6 is 11.6 Å². The number of nitrogens with zero attached hydrogens (tertiary/aromatic N) is 2. The fourth-order valence-electron chi connectivity index (χ4n) is 1.86. The molecule has 0 saturated heterocycles. The number of benzene rings is 2. The Morgan fingerprint density at radius 1 is 1.33 bits per heavy atom. The lowest BCUT2D eigenvalue weighted by molar-refractivity contribution is -0.385. The molecule has 1 atom stereocenters. The number of phenols is 1. The lowest BCUT2D eigenvalue weighted by atomic mass is 10.1. The first-order chi connectivity index (χ1) is 11.4. The van der Waals surface area contributed by atoms with Crippen molar-refractivity contribution < 1.29 is 19.9 Å². The number of rotatable bonds is 5. The van der Waals surface area contributed by atoms with Crippen molar-refractivity contribution in [2.75, 3.05) is 0 Å². The quantitative estimate of drug-likeness (QED) is 0.433. The van der Waals surface area contributed by atoms with Crippen LogP contribution in [0.3, 0.4) is 0 Å². The average molecular weight is 350 g/mol. The number of nitrogens with one attached hydrogen (secondary N) is 1. The zero-order valence-electron chi connectivity index (χ0n) is 12.1. The number of halogens is 1. The van der Waals surface area contributed by atoms with Gasteiger partial charge < -0.3 is 10.2 Å². The van der Waals surface area contributed by atoms with Crippen LogP contribution in [-0.2, 0) is 4.79 Å². The number of carbonyl (C=O) groups is 1. The second kappa shape index (κ2) is 7.53. The molecule has 2 rings (SSSR count). The molecule has 8 nitrogen and oxygen atoms in total. The highest BCUT2D eigenvalue weighted by atomic mass is 35.5. The molecular weight excluding hydrogens is 338 g/mol. The van der Waals surface area contributed by atoms with Crippen molar-refractivity contribution in [2.45, 2.75) is 6.10 Å². The minimum Gasteiger partial charge on any atom is -0.502 e. The van der Waals surface area contributed by atoms with E-state index in [9.17, 15) is 25.1 Å². The summed E-state index contributed by atoms with van der Waals surface area (Å²) in [5, 5.41) is 34.0. The number of aliphatic hydroxyl groups excluding tert-OH is 1. The summed E-state index contributed by atoms with van der Waals surface area (Å²) in [6, 6.07) is 10.4. The van der Waals surface area contributed by atoms with Gasteiger partial charge in [-0.25, -0.2) is 5.43 Å². The SMILES string of the molecule is O=C(N/N=C/c1cc(Cl)cc([N+](=O)[O-])c1O)C(O)c1ccccc1. The average Bonchev–Trinajstić information content (AvgIpc) is 2.57. The van der Waals surface area contributed by atoms with Gasteiger partial charge >= 0.3 is 5.69 Å². The number of hydrogen-bond donors (Lipinski definition) is 3. The number of amides is 1. The standard InChI is InChI=1S/C15H12ClN3O5/c16-11-6-10(13(20)12(7-11)19(23)24)8-17-18-15(22)14(21)9-4-2-1-3-5-9/h1-8,14,20-21H,(H,18,22)/b17-8+. The van der Waals surface area contributed by atoms with E-state index in [1.165, 1.54) is 6.07 Å². The summed E-state index contributed by atoms with van der Waals surface area (Å²) in [7, 11) is 0. The lowest BCUT2D eigenvalue weighted by Gasteiger charge is -2.08. The summed E-state index contributed by atoms with van der Waals surface area (Å²) in [5.74, 6) is -1.43. The van der Waals surface area contributed by atoms with Crippen molar-refractivity contribution in [2.24, 2.45) is 5.10 Å². The maximum absolute atomic E-state index is 11.8. The monoisotopic (exact) mass is 349 g/mol. The van der Waals surface area contributed by atoms with Crippen LogP contribution in [0, 0.1) is 10.1 Å². The van der Waals surface area contributed by atoms with Gasteiger partial charge in [0.15, 0.2) is 6.10 Å². The minimum atomic E-state index is -1.43. The number of carbonyl (C=O) groups excluding carboxylic acids is 1. The van der Waals surface area contributed by atoms with E-state index in [1.807, 2.05) is 0 Å². The van der Waals surface area contributed by atoms with Gasteiger partial charge in [0.25, 0.3) is 5.91 Å². The summed E-state index contributed by atoms with van der Waals surface area (Å²) < 4.78 is 0. The molecule has 0 aromatic heterocycles. The number of hydrogen-bond acceptors (Lipinski definition) is 6. The van der Waals surface area contributed by atoms with Gasteiger partial charge in [-0.3, -0.25) is 14.9 Å². The summed E-state index contributed by atoms with van der Waals surface area (Å²) in [6.45, 7) is 0. The van der Waals surface area contributed by atoms with Crippen LogP contribution in [0.5, 0.6) is 5.75 Å². The predicted molar refractivity (Wildman–Crippen MR) is 86.9 cm³/mol. The van der Waals surface area contributed by atoms with Crippen molar-refractivity contribution in [3.8, 4) is 5.75 Å². The maximum atomic E-state index is 11.8. The molecular formula is C15H12ClN3O5. The van der Waals surface area contributed by atoms with E-state index in [1.54, 1.807) is 30.3 Å². The first-order valence-corrected chi connectivity index (χ1v) is 7.00. The van der Waals surface area contributed by atoms with Crippen molar-refractivity contribution in [3.63, 3.8) is 0 Å². The van der Waals surface area contributed by atoms with Crippen molar-refractivity contribution >= 4 is 29.4 Å². The van der Waals surface area contributed by atoms with Crippen LogP contribution in [0.4, 0.5) is 5.69 Å². The summed E-state index contributed by atoms with van der Waals surface area (Å²) in [6.07, 6.45) is -0.435. The van der Waals surface area contributed by atoms with Gasteiger partial charge in [0.1, 0.15) is 0 Å². The molecule has 0 radical (unpaired) electrons. The van der Waals surface area contributed by atoms with Gasteiger partial charge in [-0.1, -0.05) is 41.9 Å². The van der Waals surface area contributed by atoms with E-state index >= 15 is 0 Å². The van der Waals surface area contributed by atoms with E-state index in [4.69, 9.17) is 11.6 Å². The van der Waals surface area contributed by atoms with E-state index in [0.717, 1.165) is 12.3 Å². The zero-order chi connectivity index (χ0) is 17.7. The Kier molecular flexibility index (Phi) is 5.46. The predicted octanol–water partition coefficient (Wildman–Crippen LogP) is 2.14. The Hall–Kier alpha value is -2.97. The van der Waals surface area contributed by atoms with E-state index in [2.05, 4.69) is 10.5 Å². The third-order valence-electron chi connectivity index (χ3n) is 3.02. The van der Waals surface area contributed by atoms with E-state index in [0.29, 0.717) is 5.56 Å². The van der Waals surface area contributed by atoms with Crippen molar-refractivity contribution in [1.29, 1.82) is 0 Å². The molecule has 0 bridgehead atoms. The first kappa shape index (κ1) is 17.4. The van der Waals surface area contributed by atoms with Crippen LogP contribution in [0.15, 0.2) is 47.6 Å². The first-order valence-electron chi connectivity index (χ1n) is 6.63. The van der Waals surface area contributed by atoms with Crippen LogP contribution in [0.25, 0.3) is 0 Å². The molecule has 9 heteroatoms. The maximum Gasteiger partial charge on any atom is 0.312 e. The minimum absolute atomic E-state index is 0.0246.